The molecule has 1 saturated heterocycles. The highest BCUT2D eigenvalue weighted by atomic mass is 28.3. The third-order valence-corrected chi connectivity index (χ3v) is 4.03. The van der Waals surface area contributed by atoms with Gasteiger partial charge in [-0.3, -0.25) is 0 Å². The van der Waals surface area contributed by atoms with Crippen molar-refractivity contribution in [2.24, 2.45) is 0 Å². The van der Waals surface area contributed by atoms with Crippen molar-refractivity contribution in [3.8, 4) is 0 Å². The Morgan fingerprint density at radius 1 is 1.50 bits per heavy atom. The van der Waals surface area contributed by atoms with Gasteiger partial charge in [0.2, 0.25) is 0 Å². The van der Waals surface area contributed by atoms with Crippen LogP contribution in [0.2, 0.25) is 25.7 Å². The number of rotatable bonds is 3. The monoisotopic (exact) mass is 187 g/mol. The molecule has 12 heavy (non-hydrogen) atoms. The number of hydrogen-bond acceptors (Lipinski definition) is 2. The zero-order valence-corrected chi connectivity index (χ0v) is 9.43. The maximum Gasteiger partial charge on any atom is 0.0669 e. The van der Waals surface area contributed by atoms with Crippen LogP contribution in [-0.2, 0) is 0 Å². The smallest absolute Gasteiger partial charge is 0.0669 e. The van der Waals surface area contributed by atoms with Gasteiger partial charge in [-0.15, -0.1) is 0 Å². The summed E-state index contributed by atoms with van der Waals surface area (Å²) in [6.45, 7) is 8.02. The van der Waals surface area contributed by atoms with Gasteiger partial charge in [-0.05, 0) is 25.4 Å². The van der Waals surface area contributed by atoms with Gasteiger partial charge in [-0.25, -0.2) is 0 Å². The molecule has 2 atom stereocenters. The highest BCUT2D eigenvalue weighted by molar-refractivity contribution is 6.76. The Morgan fingerprint density at radius 3 is 2.58 bits per heavy atom. The predicted molar refractivity (Wildman–Crippen MR) is 55.2 cm³/mol. The molecule has 0 unspecified atom stereocenters. The van der Waals surface area contributed by atoms with Crippen LogP contribution in [0.4, 0.5) is 0 Å². The molecule has 0 aliphatic carbocycles. The number of nitrogens with one attached hydrogen (secondary N) is 1. The lowest BCUT2D eigenvalue weighted by atomic mass is 10.1. The van der Waals surface area contributed by atoms with E-state index in [1.807, 2.05) is 0 Å². The van der Waals surface area contributed by atoms with E-state index in [0.717, 1.165) is 19.0 Å². The van der Waals surface area contributed by atoms with Gasteiger partial charge in [0.25, 0.3) is 0 Å². The van der Waals surface area contributed by atoms with E-state index in [0.29, 0.717) is 6.04 Å². The van der Waals surface area contributed by atoms with Gasteiger partial charge in [-0.2, -0.15) is 0 Å². The molecule has 1 heterocycles. The fourth-order valence-corrected chi connectivity index (χ4v) is 3.35. The molecule has 72 valence electrons. The first-order chi connectivity index (χ1) is 5.49. The van der Waals surface area contributed by atoms with Gasteiger partial charge in [0.15, 0.2) is 0 Å². The third-order valence-electron chi connectivity index (χ3n) is 2.38. The van der Waals surface area contributed by atoms with Crippen LogP contribution >= 0.6 is 0 Å². The first-order valence-electron chi connectivity index (χ1n) is 4.90. The molecule has 1 aliphatic heterocycles. The maximum absolute atomic E-state index is 9.86. The summed E-state index contributed by atoms with van der Waals surface area (Å²) in [5.74, 6) is 0. The van der Waals surface area contributed by atoms with Crippen LogP contribution in [-0.4, -0.2) is 31.9 Å². The second-order valence-electron chi connectivity index (χ2n) is 5.03. The van der Waals surface area contributed by atoms with Crippen LogP contribution in [0, 0.1) is 0 Å². The summed E-state index contributed by atoms with van der Waals surface area (Å²) in [4.78, 5) is 0. The van der Waals surface area contributed by atoms with Crippen LogP contribution in [0.25, 0.3) is 0 Å². The molecule has 1 rings (SSSR count). The molecule has 0 bridgehead atoms. The highest BCUT2D eigenvalue weighted by Gasteiger charge is 2.27. The van der Waals surface area contributed by atoms with Gasteiger partial charge in [0.1, 0.15) is 0 Å². The molecule has 0 aromatic carbocycles. The van der Waals surface area contributed by atoms with Crippen molar-refractivity contribution >= 4 is 8.07 Å². The van der Waals surface area contributed by atoms with E-state index >= 15 is 0 Å². The first kappa shape index (κ1) is 10.2. The molecular formula is C9H21NOSi. The van der Waals surface area contributed by atoms with E-state index in [1.54, 1.807) is 0 Å². The summed E-state index contributed by atoms with van der Waals surface area (Å²) in [6, 6.07) is 1.42. The first-order valence-corrected chi connectivity index (χ1v) is 8.61. The zero-order chi connectivity index (χ0) is 9.19. The molecular weight excluding hydrogens is 166 g/mol. The molecule has 0 aromatic rings. The van der Waals surface area contributed by atoms with E-state index in [4.69, 9.17) is 0 Å². The van der Waals surface area contributed by atoms with Crippen molar-refractivity contribution in [3.63, 3.8) is 0 Å². The molecule has 0 saturated carbocycles. The van der Waals surface area contributed by atoms with E-state index in [-0.39, 0.29) is 6.10 Å². The summed E-state index contributed by atoms with van der Waals surface area (Å²) in [5, 5.41) is 13.2. The largest absolute Gasteiger partial charge is 0.392 e. The minimum atomic E-state index is -1.08. The zero-order valence-electron chi connectivity index (χ0n) is 8.43. The fraction of sp³-hybridized carbons (Fsp3) is 1.00. The maximum atomic E-state index is 9.86. The molecule has 0 spiro atoms. The summed E-state index contributed by atoms with van der Waals surface area (Å²) >= 11 is 0. The normalized spacial score (nSPS) is 27.5. The van der Waals surface area contributed by atoms with Gasteiger partial charge in [-0.1, -0.05) is 19.6 Å². The van der Waals surface area contributed by atoms with Crippen LogP contribution in [0.1, 0.15) is 12.8 Å². The summed E-state index contributed by atoms with van der Waals surface area (Å²) in [7, 11) is -1.08. The lowest BCUT2D eigenvalue weighted by Crippen LogP contribution is -2.39. The van der Waals surface area contributed by atoms with E-state index in [9.17, 15) is 5.11 Å². The molecule has 0 radical (unpaired) electrons. The van der Waals surface area contributed by atoms with Crippen molar-refractivity contribution in [1.82, 2.24) is 5.32 Å². The van der Waals surface area contributed by atoms with Crippen molar-refractivity contribution in [3.05, 3.63) is 0 Å². The average Bonchev–Trinajstić information content (AvgIpc) is 2.32. The Labute approximate surface area is 76.4 Å². The Bertz CT molecular complexity index is 138. The van der Waals surface area contributed by atoms with Gasteiger partial charge in [0, 0.05) is 14.1 Å². The van der Waals surface area contributed by atoms with Crippen LogP contribution < -0.4 is 5.32 Å². The minimum Gasteiger partial charge on any atom is -0.392 e. The Hall–Kier alpha value is 0.137. The topological polar surface area (TPSA) is 32.3 Å². The quantitative estimate of drug-likeness (QED) is 0.655. The summed E-state index contributed by atoms with van der Waals surface area (Å²) in [6.07, 6.45) is 2.29. The van der Waals surface area contributed by atoms with Gasteiger partial charge in [0.05, 0.1) is 6.10 Å². The predicted octanol–water partition coefficient (Wildman–Crippen LogP) is 1.44. The SMILES string of the molecule is C[Si](C)(C)C[C@H](O)[C@H]1CCCN1. The molecule has 2 N–H and O–H groups in total. The van der Waals surface area contributed by atoms with E-state index < -0.39 is 8.07 Å². The molecule has 3 heteroatoms. The van der Waals surface area contributed by atoms with Gasteiger partial charge < -0.3 is 10.4 Å². The molecule has 0 aromatic heterocycles. The van der Waals surface area contributed by atoms with Crippen molar-refractivity contribution in [2.45, 2.75) is 50.7 Å². The Kier molecular flexibility index (Phi) is 3.32. The lowest BCUT2D eigenvalue weighted by Gasteiger charge is -2.24. The number of aliphatic hydroxyl groups is 1. The second kappa shape index (κ2) is 3.90. The van der Waals surface area contributed by atoms with E-state index in [1.165, 1.54) is 6.42 Å². The van der Waals surface area contributed by atoms with Crippen molar-refractivity contribution in [1.29, 1.82) is 0 Å². The van der Waals surface area contributed by atoms with Crippen LogP contribution in [0.15, 0.2) is 0 Å². The lowest BCUT2D eigenvalue weighted by molar-refractivity contribution is 0.153. The van der Waals surface area contributed by atoms with Crippen molar-refractivity contribution < 1.29 is 5.11 Å². The Morgan fingerprint density at radius 2 is 2.17 bits per heavy atom. The highest BCUT2D eigenvalue weighted by Crippen LogP contribution is 2.18. The fourth-order valence-electron chi connectivity index (χ4n) is 1.81. The molecule has 1 aliphatic rings. The second-order valence-corrected chi connectivity index (χ2v) is 10.6. The standard InChI is InChI=1S/C9H21NOSi/c1-12(2,3)7-9(11)8-5-4-6-10-8/h8-11H,4-7H2,1-3H3/t8-,9+/m1/s1. The number of aliphatic hydroxyl groups excluding tert-OH is 1. The number of hydrogen-bond donors (Lipinski definition) is 2. The average molecular weight is 187 g/mol. The van der Waals surface area contributed by atoms with Crippen LogP contribution in [0.5, 0.6) is 0 Å². The summed E-state index contributed by atoms with van der Waals surface area (Å²) in [5.41, 5.74) is 0. The van der Waals surface area contributed by atoms with Crippen molar-refractivity contribution in [2.75, 3.05) is 6.54 Å². The molecule has 2 nitrogen and oxygen atoms in total. The third kappa shape index (κ3) is 3.25. The van der Waals surface area contributed by atoms with E-state index in [2.05, 4.69) is 25.0 Å². The van der Waals surface area contributed by atoms with Crippen LogP contribution in [0.3, 0.4) is 0 Å². The summed E-state index contributed by atoms with van der Waals surface area (Å²) < 4.78 is 0. The molecule has 1 fully saturated rings. The van der Waals surface area contributed by atoms with Gasteiger partial charge >= 0.3 is 0 Å². The Balaban J connectivity index is 2.31. The minimum absolute atomic E-state index is 0.0980. The molecule has 0 amide bonds.